The van der Waals surface area contributed by atoms with Gasteiger partial charge in [0, 0.05) is 18.0 Å². The number of carbonyl (C=O) groups excluding carboxylic acids is 1. The van der Waals surface area contributed by atoms with Gasteiger partial charge in [0.05, 0.1) is 24.4 Å². The fourth-order valence-electron chi connectivity index (χ4n) is 3.31. The van der Waals surface area contributed by atoms with Crippen molar-refractivity contribution in [3.63, 3.8) is 0 Å². The summed E-state index contributed by atoms with van der Waals surface area (Å²) in [5, 5.41) is 17.2. The lowest BCUT2D eigenvalue weighted by Gasteiger charge is -2.19. The van der Waals surface area contributed by atoms with Gasteiger partial charge >= 0.3 is 0 Å². The minimum absolute atomic E-state index is 0.146. The second-order valence-electron chi connectivity index (χ2n) is 6.52. The molecule has 134 valence electrons. The van der Waals surface area contributed by atoms with E-state index in [1.165, 1.54) is 0 Å². The zero-order valence-corrected chi connectivity index (χ0v) is 15.2. The Bertz CT molecular complexity index is 874. The van der Waals surface area contributed by atoms with Crippen LogP contribution in [0.1, 0.15) is 34.4 Å². The maximum Gasteiger partial charge on any atom is 0.228 e. The van der Waals surface area contributed by atoms with Crippen LogP contribution >= 0.6 is 11.3 Å². The molecule has 0 aliphatic carbocycles. The Morgan fingerprint density at radius 3 is 2.81 bits per heavy atom. The largest absolute Gasteiger partial charge is 0.382 e. The number of hydrogen-bond acceptors (Lipinski definition) is 4. The van der Waals surface area contributed by atoms with Crippen molar-refractivity contribution in [3.8, 4) is 0 Å². The molecule has 26 heavy (non-hydrogen) atoms. The number of hydrogen-bond donors (Lipinski definition) is 1. The molecule has 0 fully saturated rings. The van der Waals surface area contributed by atoms with Gasteiger partial charge in [0.1, 0.15) is 6.10 Å². The van der Waals surface area contributed by atoms with Crippen LogP contribution in [0, 0.1) is 0 Å². The van der Waals surface area contributed by atoms with Crippen molar-refractivity contribution in [1.29, 1.82) is 0 Å². The molecule has 5 nitrogen and oxygen atoms in total. The normalized spacial score (nSPS) is 15.3. The Balaban J connectivity index is 1.51. The maximum atomic E-state index is 12.6. The number of amides is 1. The molecule has 1 amide bonds. The van der Waals surface area contributed by atoms with Crippen molar-refractivity contribution in [3.05, 3.63) is 75.7 Å². The fourth-order valence-corrected chi connectivity index (χ4v) is 4.01. The molecule has 3 heterocycles. The van der Waals surface area contributed by atoms with Crippen LogP contribution in [0.4, 0.5) is 0 Å². The third-order valence-electron chi connectivity index (χ3n) is 4.69. The number of aliphatic hydroxyl groups is 1. The van der Waals surface area contributed by atoms with Crippen molar-refractivity contribution < 1.29 is 9.90 Å². The van der Waals surface area contributed by atoms with E-state index >= 15 is 0 Å². The number of nitrogens with zero attached hydrogens (tertiary/aromatic N) is 3. The van der Waals surface area contributed by atoms with Gasteiger partial charge in [0.2, 0.25) is 5.91 Å². The van der Waals surface area contributed by atoms with Crippen LogP contribution < -0.4 is 0 Å². The summed E-state index contributed by atoms with van der Waals surface area (Å²) >= 11 is 1.61. The predicted octanol–water partition coefficient (Wildman–Crippen LogP) is 3.00. The molecule has 1 unspecified atom stereocenters. The highest BCUT2D eigenvalue weighted by Crippen LogP contribution is 2.24. The Kier molecular flexibility index (Phi) is 4.86. The summed E-state index contributed by atoms with van der Waals surface area (Å²) in [5.74, 6) is 0.146. The summed E-state index contributed by atoms with van der Waals surface area (Å²) in [6.07, 6.45) is 0.572. The molecular weight excluding hydrogens is 346 g/mol. The van der Waals surface area contributed by atoms with E-state index in [0.29, 0.717) is 18.7 Å². The molecular formula is C20H21N3O2S. The average molecular weight is 367 g/mol. The van der Waals surface area contributed by atoms with Crippen LogP contribution in [-0.4, -0.2) is 32.2 Å². The Morgan fingerprint density at radius 1 is 1.19 bits per heavy atom. The fraction of sp³-hybridized carbons (Fsp3) is 0.300. The Labute approximate surface area is 156 Å². The maximum absolute atomic E-state index is 12.6. The monoisotopic (exact) mass is 367 g/mol. The van der Waals surface area contributed by atoms with Gasteiger partial charge < -0.3 is 10.0 Å². The van der Waals surface area contributed by atoms with Crippen LogP contribution in [-0.2, 0) is 24.3 Å². The van der Waals surface area contributed by atoms with Crippen LogP contribution in [0.5, 0.6) is 0 Å². The minimum atomic E-state index is -0.745. The quantitative estimate of drug-likeness (QED) is 0.771. The number of rotatable bonds is 4. The lowest BCUT2D eigenvalue weighted by Crippen LogP contribution is -2.31. The standard InChI is InChI=1S/C20H21N3O2S/c24-19(13-17-8-4-11-26-17)22-9-5-10-23-16(14-22)12-18(21-23)20(25)15-6-2-1-3-7-15/h1-4,6-8,11-12,20,25H,5,9-10,13-14H2. The van der Waals surface area contributed by atoms with Crippen LogP contribution in [0.25, 0.3) is 0 Å². The van der Waals surface area contributed by atoms with Gasteiger partial charge in [-0.3, -0.25) is 9.48 Å². The lowest BCUT2D eigenvalue weighted by atomic mass is 10.1. The molecule has 0 radical (unpaired) electrons. The van der Waals surface area contributed by atoms with Crippen LogP contribution in [0.2, 0.25) is 0 Å². The summed E-state index contributed by atoms with van der Waals surface area (Å²) in [4.78, 5) is 15.6. The van der Waals surface area contributed by atoms with E-state index in [4.69, 9.17) is 0 Å². The smallest absolute Gasteiger partial charge is 0.228 e. The first-order valence-electron chi connectivity index (χ1n) is 8.80. The number of carbonyl (C=O) groups is 1. The molecule has 1 aliphatic heterocycles. The first-order chi connectivity index (χ1) is 12.7. The molecule has 4 rings (SSSR count). The molecule has 1 N–H and O–H groups in total. The first kappa shape index (κ1) is 17.0. The molecule has 6 heteroatoms. The average Bonchev–Trinajstić information content (AvgIpc) is 3.27. The third kappa shape index (κ3) is 3.57. The number of aliphatic hydroxyl groups excluding tert-OH is 1. The van der Waals surface area contributed by atoms with E-state index < -0.39 is 6.10 Å². The molecule has 0 spiro atoms. The topological polar surface area (TPSA) is 58.4 Å². The first-order valence-corrected chi connectivity index (χ1v) is 9.68. The number of fused-ring (bicyclic) bond motifs is 1. The van der Waals surface area contributed by atoms with Crippen LogP contribution in [0.15, 0.2) is 53.9 Å². The van der Waals surface area contributed by atoms with Gasteiger partial charge in [0.15, 0.2) is 0 Å². The number of benzene rings is 1. The molecule has 1 atom stereocenters. The number of aromatic nitrogens is 2. The summed E-state index contributed by atoms with van der Waals surface area (Å²) in [6.45, 7) is 2.04. The number of aryl methyl sites for hydroxylation is 1. The van der Waals surface area contributed by atoms with Crippen LogP contribution in [0.3, 0.4) is 0 Å². The van der Waals surface area contributed by atoms with Crippen molar-refractivity contribution >= 4 is 17.2 Å². The van der Waals surface area contributed by atoms with Gasteiger partial charge in [-0.15, -0.1) is 11.3 Å². The molecule has 1 aromatic carbocycles. The summed E-state index contributed by atoms with van der Waals surface area (Å²) in [7, 11) is 0. The highest BCUT2D eigenvalue weighted by molar-refractivity contribution is 7.10. The predicted molar refractivity (Wildman–Crippen MR) is 101 cm³/mol. The van der Waals surface area contributed by atoms with Gasteiger partial charge in [-0.2, -0.15) is 5.10 Å². The van der Waals surface area contributed by atoms with Gasteiger partial charge in [0.25, 0.3) is 0 Å². The molecule has 3 aromatic rings. The molecule has 1 aliphatic rings. The van der Waals surface area contributed by atoms with E-state index in [0.717, 1.165) is 35.6 Å². The highest BCUT2D eigenvalue weighted by Gasteiger charge is 2.23. The van der Waals surface area contributed by atoms with E-state index in [9.17, 15) is 9.90 Å². The van der Waals surface area contributed by atoms with E-state index in [1.54, 1.807) is 11.3 Å². The van der Waals surface area contributed by atoms with E-state index in [1.807, 2.05) is 63.5 Å². The second-order valence-corrected chi connectivity index (χ2v) is 7.55. The molecule has 2 aromatic heterocycles. The lowest BCUT2D eigenvalue weighted by molar-refractivity contribution is -0.131. The van der Waals surface area contributed by atoms with Gasteiger partial charge in [-0.05, 0) is 29.5 Å². The summed E-state index contributed by atoms with van der Waals surface area (Å²) < 4.78 is 1.93. The molecule has 0 saturated carbocycles. The molecule has 0 bridgehead atoms. The second kappa shape index (κ2) is 7.43. The molecule has 0 saturated heterocycles. The number of thiophene rings is 1. The summed E-state index contributed by atoms with van der Waals surface area (Å²) in [5.41, 5.74) is 2.44. The summed E-state index contributed by atoms with van der Waals surface area (Å²) in [6, 6.07) is 15.4. The Hall–Kier alpha value is -2.44. The Morgan fingerprint density at radius 2 is 2.04 bits per heavy atom. The van der Waals surface area contributed by atoms with Crippen molar-refractivity contribution in [1.82, 2.24) is 14.7 Å². The van der Waals surface area contributed by atoms with E-state index in [2.05, 4.69) is 5.10 Å². The third-order valence-corrected chi connectivity index (χ3v) is 5.56. The highest BCUT2D eigenvalue weighted by atomic mass is 32.1. The van der Waals surface area contributed by atoms with Crippen molar-refractivity contribution in [2.24, 2.45) is 0 Å². The van der Waals surface area contributed by atoms with Gasteiger partial charge in [-0.25, -0.2) is 0 Å². The van der Waals surface area contributed by atoms with Crippen molar-refractivity contribution in [2.75, 3.05) is 6.54 Å². The zero-order valence-electron chi connectivity index (χ0n) is 14.4. The minimum Gasteiger partial charge on any atom is -0.382 e. The van der Waals surface area contributed by atoms with Crippen molar-refractivity contribution in [2.45, 2.75) is 32.0 Å². The SMILES string of the molecule is O=C(Cc1cccs1)N1CCCn2nc(C(O)c3ccccc3)cc2C1. The van der Waals surface area contributed by atoms with E-state index in [-0.39, 0.29) is 5.91 Å². The zero-order chi connectivity index (χ0) is 17.9. The van der Waals surface area contributed by atoms with Gasteiger partial charge in [-0.1, -0.05) is 36.4 Å².